The van der Waals surface area contributed by atoms with Crippen LogP contribution >= 0.6 is 12.4 Å². The average Bonchev–Trinajstić information content (AvgIpc) is 3.02. The van der Waals surface area contributed by atoms with Crippen molar-refractivity contribution in [3.63, 3.8) is 0 Å². The molecular weight excluding hydrogens is 364 g/mol. The second kappa shape index (κ2) is 6.23. The van der Waals surface area contributed by atoms with Gasteiger partial charge in [-0.3, -0.25) is 4.90 Å². The molecule has 1 fully saturated rings. The third-order valence-electron chi connectivity index (χ3n) is 7.18. The van der Waals surface area contributed by atoms with Crippen LogP contribution < -0.4 is 0 Å². The largest absolute Gasteiger partial charge is 0.465 e. The van der Waals surface area contributed by atoms with Crippen molar-refractivity contribution in [2.75, 3.05) is 20.2 Å². The summed E-state index contributed by atoms with van der Waals surface area (Å²) in [6, 6.07) is 8.45. The van der Waals surface area contributed by atoms with Gasteiger partial charge in [0.05, 0.1) is 18.7 Å². The Bertz CT molecular complexity index is 910. The second-order valence-electron chi connectivity index (χ2n) is 8.21. The lowest BCUT2D eigenvalue weighted by Crippen LogP contribution is -2.60. The van der Waals surface area contributed by atoms with Gasteiger partial charge in [0.25, 0.3) is 0 Å². The first-order chi connectivity index (χ1) is 12.6. The van der Waals surface area contributed by atoms with E-state index < -0.39 is 11.7 Å². The number of aliphatic hydroxyl groups is 1. The third kappa shape index (κ3) is 2.22. The molecule has 0 amide bonds. The summed E-state index contributed by atoms with van der Waals surface area (Å²) in [7, 11) is 1.37. The minimum atomic E-state index is -1.63. The molecule has 1 saturated heterocycles. The number of hydrogen-bond donors (Lipinski definition) is 1. The van der Waals surface area contributed by atoms with Crippen molar-refractivity contribution < 1.29 is 14.6 Å². The normalized spacial score (nSPS) is 31.9. The van der Waals surface area contributed by atoms with Crippen molar-refractivity contribution >= 4 is 29.3 Å². The molecule has 6 heteroatoms. The highest BCUT2D eigenvalue weighted by Gasteiger charge is 2.60. The van der Waals surface area contributed by atoms with E-state index in [1.54, 1.807) is 0 Å². The van der Waals surface area contributed by atoms with Crippen LogP contribution in [0.3, 0.4) is 0 Å². The lowest BCUT2D eigenvalue weighted by Gasteiger charge is -2.57. The van der Waals surface area contributed by atoms with Crippen LogP contribution in [-0.2, 0) is 21.7 Å². The molecule has 1 N–H and O–H groups in total. The first-order valence-electron chi connectivity index (χ1n) is 9.73. The Labute approximate surface area is 165 Å². The summed E-state index contributed by atoms with van der Waals surface area (Å²) in [5.74, 6) is -0.546. The van der Waals surface area contributed by atoms with Gasteiger partial charge >= 0.3 is 5.97 Å². The van der Waals surface area contributed by atoms with Gasteiger partial charge in [-0.2, -0.15) is 0 Å². The number of piperidine rings is 1. The van der Waals surface area contributed by atoms with Gasteiger partial charge in [0.15, 0.2) is 0 Å². The van der Waals surface area contributed by atoms with E-state index in [1.165, 1.54) is 18.1 Å². The number of esters is 1. The van der Waals surface area contributed by atoms with E-state index in [0.29, 0.717) is 6.42 Å². The van der Waals surface area contributed by atoms with Gasteiger partial charge in [-0.05, 0) is 49.3 Å². The molecule has 0 spiro atoms. The molecule has 4 heterocycles. The number of nitrogens with zero attached hydrogens (tertiary/aromatic N) is 2. The number of benzene rings is 1. The van der Waals surface area contributed by atoms with E-state index in [-0.39, 0.29) is 23.9 Å². The minimum absolute atomic E-state index is 0. The number of aromatic nitrogens is 1. The van der Waals surface area contributed by atoms with Crippen LogP contribution in [0.15, 0.2) is 24.3 Å². The molecular formula is C21H27ClN2O3. The van der Waals surface area contributed by atoms with Gasteiger partial charge in [0.1, 0.15) is 0 Å². The Balaban J connectivity index is 0.00000180. The monoisotopic (exact) mass is 390 g/mol. The van der Waals surface area contributed by atoms with Crippen LogP contribution in [0.25, 0.3) is 10.9 Å². The fourth-order valence-electron chi connectivity index (χ4n) is 6.10. The Morgan fingerprint density at radius 2 is 2.11 bits per heavy atom. The van der Waals surface area contributed by atoms with Gasteiger partial charge < -0.3 is 14.4 Å². The molecule has 1 aromatic carbocycles. The molecule has 0 aliphatic carbocycles. The van der Waals surface area contributed by atoms with E-state index in [0.717, 1.165) is 50.0 Å². The molecule has 0 unspecified atom stereocenters. The van der Waals surface area contributed by atoms with Crippen LogP contribution in [0, 0.1) is 5.41 Å². The van der Waals surface area contributed by atoms with Crippen molar-refractivity contribution in [2.24, 2.45) is 5.41 Å². The highest BCUT2D eigenvalue weighted by atomic mass is 35.5. The van der Waals surface area contributed by atoms with Crippen LogP contribution in [0.2, 0.25) is 0 Å². The first-order valence-corrected chi connectivity index (χ1v) is 9.73. The van der Waals surface area contributed by atoms with Gasteiger partial charge in [-0.1, -0.05) is 25.1 Å². The molecule has 5 rings (SSSR count). The first kappa shape index (κ1) is 18.8. The highest BCUT2D eigenvalue weighted by molar-refractivity contribution is 5.90. The molecule has 3 atom stereocenters. The van der Waals surface area contributed by atoms with Crippen LogP contribution in [0.5, 0.6) is 0 Å². The summed E-state index contributed by atoms with van der Waals surface area (Å²) in [4.78, 5) is 15.4. The molecule has 0 radical (unpaired) electrons. The van der Waals surface area contributed by atoms with Gasteiger partial charge in [0.2, 0.25) is 5.72 Å². The molecule has 1 aromatic heterocycles. The van der Waals surface area contributed by atoms with E-state index in [1.807, 2.05) is 22.8 Å². The molecule has 27 heavy (non-hydrogen) atoms. The number of fused-ring (bicyclic) bond motifs is 3. The van der Waals surface area contributed by atoms with Gasteiger partial charge in [-0.25, -0.2) is 4.79 Å². The van der Waals surface area contributed by atoms with Crippen molar-refractivity contribution in [1.82, 2.24) is 9.47 Å². The zero-order chi connectivity index (χ0) is 18.1. The Morgan fingerprint density at radius 1 is 1.33 bits per heavy atom. The molecule has 0 saturated carbocycles. The summed E-state index contributed by atoms with van der Waals surface area (Å²) in [5, 5.41) is 12.9. The molecule has 5 nitrogen and oxygen atoms in total. The summed E-state index contributed by atoms with van der Waals surface area (Å²) in [6.07, 6.45) is 4.52. The lowest BCUT2D eigenvalue weighted by atomic mass is 9.62. The zero-order valence-corrected chi connectivity index (χ0v) is 16.7. The van der Waals surface area contributed by atoms with Crippen molar-refractivity contribution in [3.05, 3.63) is 35.5 Å². The van der Waals surface area contributed by atoms with Gasteiger partial charge in [0, 0.05) is 24.0 Å². The van der Waals surface area contributed by atoms with E-state index >= 15 is 0 Å². The summed E-state index contributed by atoms with van der Waals surface area (Å²) < 4.78 is 7.01. The number of methoxy groups -OCH3 is 1. The number of para-hydroxylation sites is 1. The van der Waals surface area contributed by atoms with Crippen molar-refractivity contribution in [3.8, 4) is 0 Å². The Kier molecular flexibility index (Phi) is 4.33. The number of halogens is 1. The molecule has 3 aliphatic rings. The van der Waals surface area contributed by atoms with Crippen LogP contribution in [0.1, 0.15) is 49.9 Å². The average molecular weight is 391 g/mol. The minimum Gasteiger partial charge on any atom is -0.465 e. The zero-order valence-electron chi connectivity index (χ0n) is 15.9. The van der Waals surface area contributed by atoms with Gasteiger partial charge in [-0.15, -0.1) is 12.4 Å². The fourth-order valence-corrected chi connectivity index (χ4v) is 6.10. The fraction of sp³-hybridized carbons (Fsp3) is 0.571. The van der Waals surface area contributed by atoms with Crippen molar-refractivity contribution in [2.45, 2.75) is 50.8 Å². The van der Waals surface area contributed by atoms with Crippen LogP contribution in [-0.4, -0.2) is 40.7 Å². The second-order valence-corrected chi connectivity index (χ2v) is 8.21. The Morgan fingerprint density at radius 3 is 2.85 bits per heavy atom. The number of ether oxygens (including phenoxy) is 1. The molecule has 2 aromatic rings. The smallest absolute Gasteiger partial charge is 0.359 e. The van der Waals surface area contributed by atoms with Crippen LogP contribution in [0.4, 0.5) is 0 Å². The maximum atomic E-state index is 12.8. The molecule has 0 bridgehead atoms. The summed E-state index contributed by atoms with van der Waals surface area (Å²) >= 11 is 0. The predicted octanol–water partition coefficient (Wildman–Crippen LogP) is 3.37. The standard InChI is InChI=1S/C21H26N2O3.ClH/c1-3-20-10-6-11-22-12-9-15-14-7-4-5-8-16(14)23(17(15)18(20)22)21(25,13-20)19(24)26-2;/h4-5,7-8,18,25H,3,6,9-13H2,1-2H3;1H/t18-,20+,21-;/m1./s1. The van der Waals surface area contributed by atoms with E-state index in [4.69, 9.17) is 4.74 Å². The third-order valence-corrected chi connectivity index (χ3v) is 7.18. The number of carbonyl (C=O) groups is 1. The molecule has 3 aliphatic heterocycles. The van der Waals surface area contributed by atoms with E-state index in [2.05, 4.69) is 17.9 Å². The lowest BCUT2D eigenvalue weighted by molar-refractivity contribution is -0.194. The topological polar surface area (TPSA) is 54.7 Å². The summed E-state index contributed by atoms with van der Waals surface area (Å²) in [6.45, 7) is 4.36. The quantitative estimate of drug-likeness (QED) is 0.799. The maximum Gasteiger partial charge on any atom is 0.359 e. The predicted molar refractivity (Wildman–Crippen MR) is 106 cm³/mol. The SMILES string of the molecule is CC[C@]12CCCN3CCc4c(n(c5ccccc45)[C@](O)(C(=O)OC)C1)[C@@H]32.Cl. The molecule has 146 valence electrons. The number of hydrogen-bond acceptors (Lipinski definition) is 4. The van der Waals surface area contributed by atoms with Crippen molar-refractivity contribution in [1.29, 1.82) is 0 Å². The Hall–Kier alpha value is -1.56. The number of carbonyl (C=O) groups excluding carboxylic acids is 1. The summed E-state index contributed by atoms with van der Waals surface area (Å²) in [5.41, 5.74) is 1.69. The van der Waals surface area contributed by atoms with E-state index in [9.17, 15) is 9.90 Å². The number of rotatable bonds is 2. The highest BCUT2D eigenvalue weighted by Crippen LogP contribution is 2.60. The maximum absolute atomic E-state index is 12.8.